The topological polar surface area (TPSA) is 18.5 Å². The molecule has 3 aromatic rings. The first-order valence-electron chi connectivity index (χ1n) is 9.68. The van der Waals surface area contributed by atoms with Gasteiger partial charge >= 0.3 is 0 Å². The van der Waals surface area contributed by atoms with Crippen LogP contribution in [0.4, 0.5) is 0 Å². The monoisotopic (exact) mass is 398 g/mol. The molecule has 0 saturated heterocycles. The standard InChI is InChI=1S/C26H26O2Si/c1-27-20-18-23(22-28-2)19-21-29(24-12-6-3-7-13-24,25-14-8-4-9-15-25)26-16-10-5-11-17-26/h3-18H,20,22H2,1-2H3/b23-18-. The lowest BCUT2D eigenvalue weighted by atomic mass is 10.3. The molecule has 29 heavy (non-hydrogen) atoms. The number of hydrogen-bond acceptors (Lipinski definition) is 2. The van der Waals surface area contributed by atoms with E-state index in [1.165, 1.54) is 15.6 Å². The smallest absolute Gasteiger partial charge is 0.230 e. The highest BCUT2D eigenvalue weighted by Crippen LogP contribution is 2.08. The van der Waals surface area contributed by atoms with Gasteiger partial charge in [0.1, 0.15) is 0 Å². The number of benzene rings is 3. The Bertz CT molecular complexity index is 874. The Morgan fingerprint density at radius 3 is 1.55 bits per heavy atom. The summed E-state index contributed by atoms with van der Waals surface area (Å²) >= 11 is 0. The molecule has 0 saturated carbocycles. The zero-order valence-electron chi connectivity index (χ0n) is 17.0. The zero-order chi connectivity index (χ0) is 20.4. The minimum Gasteiger partial charge on any atom is -0.381 e. The van der Waals surface area contributed by atoms with Crippen molar-refractivity contribution in [2.24, 2.45) is 0 Å². The Labute approximate surface area is 174 Å². The maximum atomic E-state index is 5.37. The first-order chi connectivity index (χ1) is 14.3. The second kappa shape index (κ2) is 10.6. The molecule has 0 fully saturated rings. The molecule has 3 aromatic carbocycles. The van der Waals surface area contributed by atoms with Crippen molar-refractivity contribution in [3.8, 4) is 11.5 Å². The average molecular weight is 399 g/mol. The van der Waals surface area contributed by atoms with E-state index in [2.05, 4.69) is 102 Å². The third kappa shape index (κ3) is 4.93. The van der Waals surface area contributed by atoms with Crippen LogP contribution in [0.2, 0.25) is 0 Å². The van der Waals surface area contributed by atoms with Gasteiger partial charge in [0.15, 0.2) is 0 Å². The number of methoxy groups -OCH3 is 2. The van der Waals surface area contributed by atoms with Crippen LogP contribution in [0.3, 0.4) is 0 Å². The van der Waals surface area contributed by atoms with E-state index in [1.807, 2.05) is 6.08 Å². The van der Waals surface area contributed by atoms with Crippen molar-refractivity contribution in [3.63, 3.8) is 0 Å². The maximum Gasteiger partial charge on any atom is 0.230 e. The molecule has 0 heterocycles. The first-order valence-corrected chi connectivity index (χ1v) is 11.7. The average Bonchev–Trinajstić information content (AvgIpc) is 2.80. The van der Waals surface area contributed by atoms with Crippen LogP contribution in [0.15, 0.2) is 103 Å². The number of rotatable bonds is 7. The Kier molecular flexibility index (Phi) is 7.60. The van der Waals surface area contributed by atoms with Crippen molar-refractivity contribution in [2.75, 3.05) is 27.4 Å². The van der Waals surface area contributed by atoms with Crippen LogP contribution < -0.4 is 15.6 Å². The number of ether oxygens (including phenoxy) is 2. The van der Waals surface area contributed by atoms with Crippen LogP contribution >= 0.6 is 0 Å². The van der Waals surface area contributed by atoms with Crippen molar-refractivity contribution < 1.29 is 9.47 Å². The fourth-order valence-electron chi connectivity index (χ4n) is 3.44. The highest BCUT2D eigenvalue weighted by atomic mass is 28.3. The summed E-state index contributed by atoms with van der Waals surface area (Å²) in [5, 5.41) is 3.82. The van der Waals surface area contributed by atoms with Gasteiger partial charge in [-0.15, -0.1) is 5.54 Å². The largest absolute Gasteiger partial charge is 0.381 e. The molecule has 0 radical (unpaired) electrons. The Hall–Kier alpha value is -2.90. The zero-order valence-corrected chi connectivity index (χ0v) is 18.0. The molecule has 0 N–H and O–H groups in total. The van der Waals surface area contributed by atoms with Gasteiger partial charge in [-0.1, -0.05) is 96.9 Å². The molecule has 0 atom stereocenters. The SMILES string of the molecule is COC/C=C(/C#C[Si](c1ccccc1)(c1ccccc1)c1ccccc1)COC. The van der Waals surface area contributed by atoms with Crippen molar-refractivity contribution >= 4 is 23.6 Å². The number of hydrogen-bond donors (Lipinski definition) is 0. The van der Waals surface area contributed by atoms with E-state index >= 15 is 0 Å². The molecule has 0 spiro atoms. The third-order valence-electron chi connectivity index (χ3n) is 4.83. The van der Waals surface area contributed by atoms with Gasteiger partial charge in [0, 0.05) is 19.8 Å². The van der Waals surface area contributed by atoms with E-state index < -0.39 is 8.07 Å². The Morgan fingerprint density at radius 2 is 1.17 bits per heavy atom. The molecule has 3 rings (SSSR count). The van der Waals surface area contributed by atoms with E-state index in [9.17, 15) is 0 Å². The molecule has 0 aliphatic carbocycles. The third-order valence-corrected chi connectivity index (χ3v) is 8.93. The Morgan fingerprint density at radius 1 is 0.724 bits per heavy atom. The van der Waals surface area contributed by atoms with E-state index in [0.717, 1.165) is 5.57 Å². The van der Waals surface area contributed by atoms with Crippen LogP contribution in [0.25, 0.3) is 0 Å². The molecule has 0 aliphatic heterocycles. The molecular formula is C26H26O2Si. The Balaban J connectivity index is 2.28. The first kappa shape index (κ1) is 20.8. The molecule has 0 unspecified atom stereocenters. The van der Waals surface area contributed by atoms with Crippen LogP contribution in [-0.2, 0) is 9.47 Å². The molecule has 2 nitrogen and oxygen atoms in total. The summed E-state index contributed by atoms with van der Waals surface area (Å²) in [5.41, 5.74) is 4.70. The van der Waals surface area contributed by atoms with Crippen LogP contribution in [0.5, 0.6) is 0 Å². The minimum atomic E-state index is -2.55. The fourth-order valence-corrected chi connectivity index (χ4v) is 7.30. The van der Waals surface area contributed by atoms with E-state index in [0.29, 0.717) is 13.2 Å². The fraction of sp³-hybridized carbons (Fsp3) is 0.154. The van der Waals surface area contributed by atoms with Crippen LogP contribution in [0, 0.1) is 11.5 Å². The van der Waals surface area contributed by atoms with Crippen molar-refractivity contribution in [1.29, 1.82) is 0 Å². The normalized spacial score (nSPS) is 11.6. The van der Waals surface area contributed by atoms with Crippen molar-refractivity contribution in [2.45, 2.75) is 0 Å². The summed E-state index contributed by atoms with van der Waals surface area (Å²) < 4.78 is 10.6. The summed E-state index contributed by atoms with van der Waals surface area (Å²) in [6, 6.07) is 32.0. The van der Waals surface area contributed by atoms with E-state index in [1.54, 1.807) is 14.2 Å². The van der Waals surface area contributed by atoms with Crippen molar-refractivity contribution in [3.05, 3.63) is 103 Å². The predicted octanol–water partition coefficient (Wildman–Crippen LogP) is 2.92. The van der Waals surface area contributed by atoms with Gasteiger partial charge in [-0.2, -0.15) is 0 Å². The quantitative estimate of drug-likeness (QED) is 0.346. The van der Waals surface area contributed by atoms with Gasteiger partial charge in [-0.05, 0) is 21.6 Å². The summed E-state index contributed by atoms with van der Waals surface area (Å²) in [4.78, 5) is 0. The van der Waals surface area contributed by atoms with E-state index in [-0.39, 0.29) is 0 Å². The summed E-state index contributed by atoms with van der Waals surface area (Å²) in [5.74, 6) is 3.46. The van der Waals surface area contributed by atoms with E-state index in [4.69, 9.17) is 9.47 Å². The predicted molar refractivity (Wildman–Crippen MR) is 124 cm³/mol. The summed E-state index contributed by atoms with van der Waals surface area (Å²) in [6.45, 7) is 0.989. The van der Waals surface area contributed by atoms with Gasteiger partial charge in [0.05, 0.1) is 13.2 Å². The maximum absolute atomic E-state index is 5.37. The molecule has 0 bridgehead atoms. The lowest BCUT2D eigenvalue weighted by Crippen LogP contribution is -2.66. The summed E-state index contributed by atoms with van der Waals surface area (Å²) in [6.07, 6.45) is 2.00. The van der Waals surface area contributed by atoms with Gasteiger partial charge < -0.3 is 9.47 Å². The molecule has 3 heteroatoms. The lowest BCUT2D eigenvalue weighted by molar-refractivity contribution is 0.220. The molecule has 0 aliphatic rings. The highest BCUT2D eigenvalue weighted by Gasteiger charge is 2.38. The molecule has 0 aromatic heterocycles. The molecule has 146 valence electrons. The van der Waals surface area contributed by atoms with Gasteiger partial charge in [-0.25, -0.2) is 0 Å². The second-order valence-electron chi connectivity index (χ2n) is 6.72. The van der Waals surface area contributed by atoms with Gasteiger partial charge in [-0.3, -0.25) is 0 Å². The van der Waals surface area contributed by atoms with Crippen molar-refractivity contribution in [1.82, 2.24) is 0 Å². The second-order valence-corrected chi connectivity index (χ2v) is 10.2. The molecular weight excluding hydrogens is 372 g/mol. The van der Waals surface area contributed by atoms with Crippen LogP contribution in [-0.4, -0.2) is 35.5 Å². The van der Waals surface area contributed by atoms with Crippen LogP contribution in [0.1, 0.15) is 0 Å². The highest BCUT2D eigenvalue weighted by molar-refractivity contribution is 7.16. The molecule has 0 amide bonds. The van der Waals surface area contributed by atoms with Gasteiger partial charge in [0.2, 0.25) is 8.07 Å². The summed E-state index contributed by atoms with van der Waals surface area (Å²) in [7, 11) is 0.826. The minimum absolute atomic E-state index is 0.471. The lowest BCUT2D eigenvalue weighted by Gasteiger charge is -2.28. The van der Waals surface area contributed by atoms with Gasteiger partial charge in [0.25, 0.3) is 0 Å².